The van der Waals surface area contributed by atoms with Gasteiger partial charge in [-0.15, -0.1) is 23.5 Å². The first-order valence-electron chi connectivity index (χ1n) is 9.99. The predicted molar refractivity (Wildman–Crippen MR) is 118 cm³/mol. The van der Waals surface area contributed by atoms with Crippen LogP contribution in [-0.2, 0) is 40.1 Å². The van der Waals surface area contributed by atoms with Crippen LogP contribution in [0, 0.1) is 5.92 Å². The fraction of sp³-hybridized carbons (Fsp3) is 0.409. The summed E-state index contributed by atoms with van der Waals surface area (Å²) in [6.07, 6.45) is 3.08. The van der Waals surface area contributed by atoms with Gasteiger partial charge in [0, 0.05) is 0 Å². The van der Waals surface area contributed by atoms with E-state index in [0.29, 0.717) is 23.0 Å². The maximum absolute atomic E-state index is 13.1. The van der Waals surface area contributed by atoms with Gasteiger partial charge in [-0.05, 0) is 31.2 Å². The number of rotatable bonds is 11. The first-order valence-corrected chi connectivity index (χ1v) is 12.1. The average Bonchev–Trinajstić information content (AvgIpc) is 3.50. The number of hydrogen-bond acceptors (Lipinski definition) is 10. The summed E-state index contributed by atoms with van der Waals surface area (Å²) < 4.78 is 27.0. The number of esters is 3. The fourth-order valence-corrected chi connectivity index (χ4v) is 5.08. The third-order valence-electron chi connectivity index (χ3n) is 4.37. The number of carbonyl (C=O) groups is 3. The zero-order valence-electron chi connectivity index (χ0n) is 18.0. The van der Waals surface area contributed by atoms with Crippen molar-refractivity contribution in [1.82, 2.24) is 0 Å². The highest BCUT2D eigenvalue weighted by Crippen LogP contribution is 2.45. The van der Waals surface area contributed by atoms with Crippen LogP contribution < -0.4 is 0 Å². The zero-order chi connectivity index (χ0) is 23.1. The summed E-state index contributed by atoms with van der Waals surface area (Å²) in [5.74, 6) is -0.836. The van der Waals surface area contributed by atoms with E-state index in [-0.39, 0.29) is 23.0 Å². The standard InChI is InChI=1S/C22H24O8S2/c1-4-26-21(25)22(13-31-11-15-7-5-9-27-15)18(32-12-16-8-6-10-28-16)17(20(24)30-22)29-19(23)14(2)3/h5-10,14H,4,11-13H2,1-3H3. The highest BCUT2D eigenvalue weighted by atomic mass is 32.2. The summed E-state index contributed by atoms with van der Waals surface area (Å²) in [6.45, 7) is 5.06. The molecule has 8 nitrogen and oxygen atoms in total. The van der Waals surface area contributed by atoms with Crippen molar-refractivity contribution >= 4 is 41.4 Å². The van der Waals surface area contributed by atoms with Gasteiger partial charge in [0.2, 0.25) is 5.76 Å². The van der Waals surface area contributed by atoms with E-state index < -0.39 is 29.4 Å². The summed E-state index contributed by atoms with van der Waals surface area (Å²) in [7, 11) is 0. The van der Waals surface area contributed by atoms with Gasteiger partial charge in [0.15, 0.2) is 0 Å². The Balaban J connectivity index is 1.95. The van der Waals surface area contributed by atoms with Crippen LogP contribution in [0.1, 0.15) is 32.3 Å². The van der Waals surface area contributed by atoms with Gasteiger partial charge in [-0.3, -0.25) is 4.79 Å². The maximum atomic E-state index is 13.1. The molecule has 0 amide bonds. The Morgan fingerprint density at radius 1 is 1.09 bits per heavy atom. The van der Waals surface area contributed by atoms with E-state index in [1.165, 1.54) is 18.0 Å². The Kier molecular flexibility index (Phi) is 8.14. The van der Waals surface area contributed by atoms with Gasteiger partial charge in [-0.1, -0.05) is 13.8 Å². The summed E-state index contributed by atoms with van der Waals surface area (Å²) >= 11 is 2.48. The van der Waals surface area contributed by atoms with Crippen LogP contribution in [-0.4, -0.2) is 35.9 Å². The van der Waals surface area contributed by atoms with Crippen LogP contribution in [0.4, 0.5) is 0 Å². The topological polar surface area (TPSA) is 105 Å². The molecule has 1 aliphatic heterocycles. The monoisotopic (exact) mass is 480 g/mol. The quantitative estimate of drug-likeness (QED) is 0.341. The normalized spacial score (nSPS) is 18.2. The molecule has 2 aromatic rings. The van der Waals surface area contributed by atoms with Gasteiger partial charge in [0.1, 0.15) is 11.5 Å². The van der Waals surface area contributed by atoms with Crippen molar-refractivity contribution < 1.29 is 37.4 Å². The van der Waals surface area contributed by atoms with E-state index in [4.69, 9.17) is 23.0 Å². The van der Waals surface area contributed by atoms with E-state index in [0.717, 1.165) is 11.8 Å². The third kappa shape index (κ3) is 5.42. The fourth-order valence-electron chi connectivity index (χ4n) is 2.78. The summed E-state index contributed by atoms with van der Waals surface area (Å²) in [5, 5.41) is 0. The minimum atomic E-state index is -1.74. The molecular weight excluding hydrogens is 456 g/mol. The van der Waals surface area contributed by atoms with Crippen molar-refractivity contribution in [3.63, 3.8) is 0 Å². The number of thioether (sulfide) groups is 2. The van der Waals surface area contributed by atoms with E-state index in [9.17, 15) is 14.4 Å². The van der Waals surface area contributed by atoms with E-state index in [1.807, 2.05) is 6.07 Å². The molecular formula is C22H24O8S2. The number of cyclic esters (lactones) is 1. The molecule has 10 heteroatoms. The summed E-state index contributed by atoms with van der Waals surface area (Å²) in [6, 6.07) is 7.07. The van der Waals surface area contributed by atoms with Gasteiger partial charge >= 0.3 is 17.9 Å². The smallest absolute Gasteiger partial charge is 0.376 e. The molecule has 0 saturated heterocycles. The van der Waals surface area contributed by atoms with Crippen molar-refractivity contribution in [1.29, 1.82) is 0 Å². The van der Waals surface area contributed by atoms with Gasteiger partial charge in [0.05, 0.1) is 47.2 Å². The number of furan rings is 2. The second kappa shape index (κ2) is 10.8. The molecule has 0 radical (unpaired) electrons. The second-order valence-corrected chi connectivity index (χ2v) is 9.08. The minimum absolute atomic E-state index is 0.0570. The van der Waals surface area contributed by atoms with Crippen LogP contribution in [0.5, 0.6) is 0 Å². The van der Waals surface area contributed by atoms with Crippen molar-refractivity contribution in [2.24, 2.45) is 5.92 Å². The lowest BCUT2D eigenvalue weighted by Crippen LogP contribution is -2.44. The molecule has 3 heterocycles. The first kappa shape index (κ1) is 24.1. The van der Waals surface area contributed by atoms with Crippen molar-refractivity contribution in [3.8, 4) is 0 Å². The van der Waals surface area contributed by atoms with Crippen molar-refractivity contribution in [3.05, 3.63) is 59.0 Å². The Hall–Kier alpha value is -2.59. The Labute approximate surface area is 194 Å². The largest absolute Gasteiger partial charge is 0.468 e. The van der Waals surface area contributed by atoms with E-state index >= 15 is 0 Å². The highest BCUT2D eigenvalue weighted by Gasteiger charge is 2.56. The molecule has 0 bridgehead atoms. The third-order valence-corrected chi connectivity index (χ3v) is 6.71. The lowest BCUT2D eigenvalue weighted by Gasteiger charge is -2.27. The van der Waals surface area contributed by atoms with Gasteiger partial charge < -0.3 is 23.0 Å². The van der Waals surface area contributed by atoms with Crippen LogP contribution in [0.2, 0.25) is 0 Å². The molecule has 1 unspecified atom stereocenters. The molecule has 32 heavy (non-hydrogen) atoms. The molecule has 0 saturated carbocycles. The molecule has 0 fully saturated rings. The number of carbonyl (C=O) groups excluding carboxylic acids is 3. The second-order valence-electron chi connectivity index (χ2n) is 7.11. The van der Waals surface area contributed by atoms with Crippen LogP contribution in [0.15, 0.2) is 56.3 Å². The number of ether oxygens (including phenoxy) is 3. The molecule has 172 valence electrons. The van der Waals surface area contributed by atoms with E-state index in [2.05, 4.69) is 0 Å². The molecule has 2 aromatic heterocycles. The Morgan fingerprint density at radius 3 is 2.31 bits per heavy atom. The molecule has 1 aliphatic rings. The Bertz CT molecular complexity index is 962. The van der Waals surface area contributed by atoms with Crippen LogP contribution >= 0.6 is 23.5 Å². The minimum Gasteiger partial charge on any atom is -0.468 e. The van der Waals surface area contributed by atoms with Gasteiger partial charge in [-0.2, -0.15) is 0 Å². The molecule has 0 aliphatic carbocycles. The summed E-state index contributed by atoms with van der Waals surface area (Å²) in [4.78, 5) is 38.4. The SMILES string of the molecule is CCOC(=O)C1(CSCc2ccco2)OC(=O)C(OC(=O)C(C)C)=C1SCc1ccco1. The highest BCUT2D eigenvalue weighted by molar-refractivity contribution is 8.02. The molecule has 0 aromatic carbocycles. The van der Waals surface area contributed by atoms with E-state index in [1.54, 1.807) is 45.2 Å². The lowest BCUT2D eigenvalue weighted by molar-refractivity contribution is -0.170. The average molecular weight is 481 g/mol. The zero-order valence-corrected chi connectivity index (χ0v) is 19.6. The predicted octanol–water partition coefficient (Wildman–Crippen LogP) is 4.31. The summed E-state index contributed by atoms with van der Waals surface area (Å²) in [5.41, 5.74) is -1.74. The van der Waals surface area contributed by atoms with Gasteiger partial charge in [-0.25, -0.2) is 9.59 Å². The van der Waals surface area contributed by atoms with Crippen LogP contribution in [0.3, 0.4) is 0 Å². The molecule has 3 rings (SSSR count). The Morgan fingerprint density at radius 2 is 1.75 bits per heavy atom. The molecule has 1 atom stereocenters. The molecule has 0 spiro atoms. The maximum Gasteiger partial charge on any atom is 0.376 e. The number of hydrogen-bond donors (Lipinski definition) is 0. The molecule has 0 N–H and O–H groups in total. The van der Waals surface area contributed by atoms with Crippen LogP contribution in [0.25, 0.3) is 0 Å². The van der Waals surface area contributed by atoms with Gasteiger partial charge in [0.25, 0.3) is 5.60 Å². The van der Waals surface area contributed by atoms with Crippen molar-refractivity contribution in [2.75, 3.05) is 12.4 Å². The lowest BCUT2D eigenvalue weighted by atomic mass is 10.1. The van der Waals surface area contributed by atoms with Crippen molar-refractivity contribution in [2.45, 2.75) is 37.9 Å². The first-order chi connectivity index (χ1) is 15.4.